The highest BCUT2D eigenvalue weighted by atomic mass is 15.3. The highest BCUT2D eigenvalue weighted by Gasteiger charge is 2.17. The third-order valence-electron chi connectivity index (χ3n) is 4.45. The molecule has 3 nitrogen and oxygen atoms in total. The van der Waals surface area contributed by atoms with Crippen LogP contribution in [-0.2, 0) is 6.54 Å². The number of likely N-dealkylation sites (tertiary alicyclic amines) is 1. The van der Waals surface area contributed by atoms with E-state index in [1.807, 2.05) is 10.7 Å². The van der Waals surface area contributed by atoms with E-state index in [4.69, 9.17) is 5.10 Å². The molecular weight excluding hydrogens is 282 g/mol. The SMILES string of the molecule is c1ccc(-c2nn(-c3ccccc3)cc2CN2CCCC2)cc1. The van der Waals surface area contributed by atoms with E-state index in [0.717, 1.165) is 17.9 Å². The van der Waals surface area contributed by atoms with E-state index in [0.29, 0.717) is 0 Å². The minimum atomic E-state index is 0.983. The maximum atomic E-state index is 4.88. The van der Waals surface area contributed by atoms with E-state index in [-0.39, 0.29) is 0 Å². The summed E-state index contributed by atoms with van der Waals surface area (Å²) in [7, 11) is 0. The Hall–Kier alpha value is -2.39. The second-order valence-electron chi connectivity index (χ2n) is 6.13. The van der Waals surface area contributed by atoms with Crippen molar-refractivity contribution < 1.29 is 0 Å². The first-order valence-corrected chi connectivity index (χ1v) is 8.32. The fraction of sp³-hybridized carbons (Fsp3) is 0.250. The maximum Gasteiger partial charge on any atom is 0.0972 e. The summed E-state index contributed by atoms with van der Waals surface area (Å²) in [6, 6.07) is 20.8. The van der Waals surface area contributed by atoms with Gasteiger partial charge >= 0.3 is 0 Å². The van der Waals surface area contributed by atoms with Crippen molar-refractivity contribution in [3.63, 3.8) is 0 Å². The summed E-state index contributed by atoms with van der Waals surface area (Å²) in [5.41, 5.74) is 4.71. The Balaban J connectivity index is 1.74. The summed E-state index contributed by atoms with van der Waals surface area (Å²) < 4.78 is 2.01. The molecule has 116 valence electrons. The van der Waals surface area contributed by atoms with Crippen LogP contribution in [0.1, 0.15) is 18.4 Å². The summed E-state index contributed by atoms with van der Waals surface area (Å²) in [5, 5.41) is 4.88. The summed E-state index contributed by atoms with van der Waals surface area (Å²) in [6.45, 7) is 3.38. The summed E-state index contributed by atoms with van der Waals surface area (Å²) in [4.78, 5) is 2.53. The van der Waals surface area contributed by atoms with Crippen molar-refractivity contribution in [3.8, 4) is 16.9 Å². The molecule has 0 N–H and O–H groups in total. The zero-order valence-electron chi connectivity index (χ0n) is 13.2. The van der Waals surface area contributed by atoms with Crippen molar-refractivity contribution in [1.82, 2.24) is 14.7 Å². The number of rotatable bonds is 4. The molecule has 4 rings (SSSR count). The fourth-order valence-electron chi connectivity index (χ4n) is 3.26. The van der Waals surface area contributed by atoms with Gasteiger partial charge in [-0.3, -0.25) is 4.90 Å². The largest absolute Gasteiger partial charge is 0.299 e. The van der Waals surface area contributed by atoms with Crippen LogP contribution in [0.25, 0.3) is 16.9 Å². The lowest BCUT2D eigenvalue weighted by Gasteiger charge is -2.14. The van der Waals surface area contributed by atoms with Crippen molar-refractivity contribution in [2.24, 2.45) is 0 Å². The van der Waals surface area contributed by atoms with Crippen molar-refractivity contribution in [2.45, 2.75) is 19.4 Å². The van der Waals surface area contributed by atoms with Gasteiger partial charge in [0.2, 0.25) is 0 Å². The molecule has 1 aromatic heterocycles. The number of nitrogens with zero attached hydrogens (tertiary/aromatic N) is 3. The molecule has 0 spiro atoms. The van der Waals surface area contributed by atoms with E-state index in [1.54, 1.807) is 0 Å². The molecule has 2 aromatic carbocycles. The average molecular weight is 303 g/mol. The fourth-order valence-corrected chi connectivity index (χ4v) is 3.26. The second-order valence-corrected chi connectivity index (χ2v) is 6.13. The summed E-state index contributed by atoms with van der Waals surface area (Å²) in [6.07, 6.45) is 4.82. The normalized spacial score (nSPS) is 15.1. The number of aromatic nitrogens is 2. The third kappa shape index (κ3) is 3.06. The molecule has 0 atom stereocenters. The quantitative estimate of drug-likeness (QED) is 0.722. The van der Waals surface area contributed by atoms with E-state index < -0.39 is 0 Å². The predicted molar refractivity (Wildman–Crippen MR) is 93.5 cm³/mol. The molecule has 0 bridgehead atoms. The highest BCUT2D eigenvalue weighted by molar-refractivity contribution is 5.63. The molecule has 0 radical (unpaired) electrons. The van der Waals surface area contributed by atoms with Gasteiger partial charge in [-0.1, -0.05) is 48.5 Å². The van der Waals surface area contributed by atoms with Crippen LogP contribution >= 0.6 is 0 Å². The van der Waals surface area contributed by atoms with Crippen molar-refractivity contribution in [3.05, 3.63) is 72.4 Å². The Bertz CT molecular complexity index is 756. The lowest BCUT2D eigenvalue weighted by Crippen LogP contribution is -2.18. The standard InChI is InChI=1S/C20H21N3/c1-3-9-17(10-4-1)20-18(15-22-13-7-8-14-22)16-23(21-20)19-11-5-2-6-12-19/h1-6,9-12,16H,7-8,13-15H2. The molecule has 1 fully saturated rings. The minimum absolute atomic E-state index is 0.983. The van der Waals surface area contributed by atoms with Gasteiger partial charge in [0.15, 0.2) is 0 Å². The first kappa shape index (κ1) is 14.2. The van der Waals surface area contributed by atoms with Crippen LogP contribution in [0.3, 0.4) is 0 Å². The van der Waals surface area contributed by atoms with E-state index in [2.05, 4.69) is 65.7 Å². The first-order chi connectivity index (χ1) is 11.4. The van der Waals surface area contributed by atoms with Crippen LogP contribution in [0, 0.1) is 0 Å². The van der Waals surface area contributed by atoms with E-state index in [9.17, 15) is 0 Å². The van der Waals surface area contributed by atoms with Crippen LogP contribution in [0.15, 0.2) is 66.9 Å². The van der Waals surface area contributed by atoms with Crippen LogP contribution in [0.5, 0.6) is 0 Å². The maximum absolute atomic E-state index is 4.88. The molecule has 1 aliphatic rings. The Morgan fingerprint density at radius 1 is 0.826 bits per heavy atom. The average Bonchev–Trinajstić information content (AvgIpc) is 3.27. The molecule has 0 aliphatic carbocycles. The zero-order chi connectivity index (χ0) is 15.5. The van der Waals surface area contributed by atoms with Crippen LogP contribution < -0.4 is 0 Å². The Labute approximate surface area is 137 Å². The van der Waals surface area contributed by atoms with E-state index in [1.165, 1.54) is 37.1 Å². The van der Waals surface area contributed by atoms with E-state index >= 15 is 0 Å². The van der Waals surface area contributed by atoms with Gasteiger partial charge in [-0.2, -0.15) is 5.10 Å². The summed E-state index contributed by atoms with van der Waals surface area (Å²) in [5.74, 6) is 0. The lowest BCUT2D eigenvalue weighted by atomic mass is 10.1. The summed E-state index contributed by atoms with van der Waals surface area (Å²) >= 11 is 0. The smallest absolute Gasteiger partial charge is 0.0972 e. The number of benzene rings is 2. The predicted octanol–water partition coefficient (Wildman–Crippen LogP) is 4.14. The Kier molecular flexibility index (Phi) is 3.95. The molecule has 3 heteroatoms. The molecular formula is C20H21N3. The van der Waals surface area contributed by atoms with Gasteiger partial charge in [0.25, 0.3) is 0 Å². The third-order valence-corrected chi connectivity index (χ3v) is 4.45. The van der Waals surface area contributed by atoms with Crippen molar-refractivity contribution in [1.29, 1.82) is 0 Å². The molecule has 1 aliphatic heterocycles. The van der Waals surface area contributed by atoms with Crippen LogP contribution in [0.4, 0.5) is 0 Å². The van der Waals surface area contributed by atoms with Gasteiger partial charge in [0.05, 0.1) is 11.4 Å². The second kappa shape index (κ2) is 6.39. The zero-order valence-corrected chi connectivity index (χ0v) is 13.2. The first-order valence-electron chi connectivity index (χ1n) is 8.32. The van der Waals surface area contributed by atoms with Crippen molar-refractivity contribution >= 4 is 0 Å². The molecule has 1 saturated heterocycles. The Morgan fingerprint density at radius 3 is 2.17 bits per heavy atom. The van der Waals surface area contributed by atoms with Gasteiger partial charge in [-0.15, -0.1) is 0 Å². The molecule has 2 heterocycles. The molecule has 0 amide bonds. The number of para-hydroxylation sites is 1. The number of hydrogen-bond donors (Lipinski definition) is 0. The monoisotopic (exact) mass is 303 g/mol. The van der Waals surface area contributed by atoms with Crippen LogP contribution in [-0.4, -0.2) is 27.8 Å². The highest BCUT2D eigenvalue weighted by Crippen LogP contribution is 2.25. The number of hydrogen-bond acceptors (Lipinski definition) is 2. The van der Waals surface area contributed by atoms with Gasteiger partial charge < -0.3 is 0 Å². The topological polar surface area (TPSA) is 21.1 Å². The molecule has 0 unspecified atom stereocenters. The van der Waals surface area contributed by atoms with Crippen LogP contribution in [0.2, 0.25) is 0 Å². The van der Waals surface area contributed by atoms with Gasteiger partial charge in [-0.25, -0.2) is 4.68 Å². The van der Waals surface area contributed by atoms with Gasteiger partial charge in [0, 0.05) is 23.9 Å². The Morgan fingerprint density at radius 2 is 1.48 bits per heavy atom. The minimum Gasteiger partial charge on any atom is -0.299 e. The lowest BCUT2D eigenvalue weighted by molar-refractivity contribution is 0.332. The van der Waals surface area contributed by atoms with Gasteiger partial charge in [-0.05, 0) is 38.1 Å². The molecule has 3 aromatic rings. The molecule has 0 saturated carbocycles. The van der Waals surface area contributed by atoms with Gasteiger partial charge in [0.1, 0.15) is 0 Å². The molecule has 23 heavy (non-hydrogen) atoms. The van der Waals surface area contributed by atoms with Crippen molar-refractivity contribution in [2.75, 3.05) is 13.1 Å².